The van der Waals surface area contributed by atoms with Gasteiger partial charge in [-0.15, -0.1) is 11.3 Å². The van der Waals surface area contributed by atoms with E-state index in [1.807, 2.05) is 0 Å². The smallest absolute Gasteiger partial charge is 0.150 e. The SMILES string of the molecule is CCCN(CCC)c1ncnc2c1sc1nc3c(cc12)COC(C)(C)C3. The van der Waals surface area contributed by atoms with Crippen LogP contribution >= 0.6 is 11.3 Å². The zero-order valence-corrected chi connectivity index (χ0v) is 16.8. The third-order valence-electron chi connectivity index (χ3n) is 4.89. The lowest BCUT2D eigenvalue weighted by Crippen LogP contribution is -2.32. The van der Waals surface area contributed by atoms with Gasteiger partial charge in [0.05, 0.1) is 28.1 Å². The van der Waals surface area contributed by atoms with E-state index in [9.17, 15) is 0 Å². The quantitative estimate of drug-likeness (QED) is 0.650. The summed E-state index contributed by atoms with van der Waals surface area (Å²) in [4.78, 5) is 17.7. The molecule has 0 radical (unpaired) electrons. The van der Waals surface area contributed by atoms with Crippen molar-refractivity contribution in [2.45, 2.75) is 59.2 Å². The molecule has 3 aromatic rings. The molecule has 1 aliphatic rings. The molecule has 3 aromatic heterocycles. The minimum Gasteiger partial charge on any atom is -0.370 e. The van der Waals surface area contributed by atoms with Crippen molar-refractivity contribution < 1.29 is 4.74 Å². The number of hydrogen-bond acceptors (Lipinski definition) is 6. The number of ether oxygens (including phenoxy) is 1. The molecular weight excluding hydrogens is 344 g/mol. The maximum absolute atomic E-state index is 5.98. The number of fused-ring (bicyclic) bond motifs is 4. The lowest BCUT2D eigenvalue weighted by atomic mass is 9.95. The van der Waals surface area contributed by atoms with Crippen LogP contribution in [0.15, 0.2) is 12.4 Å². The molecule has 138 valence electrons. The highest BCUT2D eigenvalue weighted by molar-refractivity contribution is 7.25. The van der Waals surface area contributed by atoms with Gasteiger partial charge in [0.1, 0.15) is 17.0 Å². The molecule has 4 heterocycles. The van der Waals surface area contributed by atoms with Gasteiger partial charge in [0.2, 0.25) is 0 Å². The number of thiophene rings is 1. The van der Waals surface area contributed by atoms with Gasteiger partial charge in [-0.25, -0.2) is 15.0 Å². The summed E-state index contributed by atoms with van der Waals surface area (Å²) in [6.07, 6.45) is 4.76. The predicted octanol–water partition coefficient (Wildman–Crippen LogP) is 4.72. The topological polar surface area (TPSA) is 51.1 Å². The number of pyridine rings is 1. The Labute approximate surface area is 158 Å². The maximum atomic E-state index is 5.98. The van der Waals surface area contributed by atoms with Gasteiger partial charge in [-0.3, -0.25) is 0 Å². The second kappa shape index (κ2) is 6.74. The molecule has 0 aliphatic carbocycles. The van der Waals surface area contributed by atoms with Gasteiger partial charge in [-0.1, -0.05) is 13.8 Å². The zero-order chi connectivity index (χ0) is 18.3. The Bertz CT molecular complexity index is 944. The summed E-state index contributed by atoms with van der Waals surface area (Å²) in [5.74, 6) is 1.05. The molecule has 0 saturated carbocycles. The highest BCUT2D eigenvalue weighted by atomic mass is 32.1. The van der Waals surface area contributed by atoms with Crippen LogP contribution in [-0.2, 0) is 17.8 Å². The molecule has 6 heteroatoms. The molecule has 0 N–H and O–H groups in total. The molecule has 26 heavy (non-hydrogen) atoms. The minimum atomic E-state index is -0.144. The lowest BCUT2D eigenvalue weighted by molar-refractivity contribution is -0.0411. The lowest BCUT2D eigenvalue weighted by Gasteiger charge is -2.30. The first kappa shape index (κ1) is 17.6. The molecule has 0 atom stereocenters. The normalized spacial score (nSPS) is 16.2. The molecule has 0 fully saturated rings. The summed E-state index contributed by atoms with van der Waals surface area (Å²) in [7, 11) is 0. The molecule has 0 amide bonds. The van der Waals surface area contributed by atoms with Crippen LogP contribution in [0.25, 0.3) is 20.4 Å². The Hall–Kier alpha value is -1.79. The molecule has 0 saturated heterocycles. The Morgan fingerprint density at radius 1 is 1.19 bits per heavy atom. The van der Waals surface area contributed by atoms with Crippen molar-refractivity contribution in [3.05, 3.63) is 23.7 Å². The van der Waals surface area contributed by atoms with E-state index in [-0.39, 0.29) is 5.60 Å². The van der Waals surface area contributed by atoms with Crippen LogP contribution in [-0.4, -0.2) is 33.6 Å². The van der Waals surface area contributed by atoms with Gasteiger partial charge in [-0.05, 0) is 32.8 Å². The molecule has 0 bridgehead atoms. The summed E-state index contributed by atoms with van der Waals surface area (Å²) < 4.78 is 7.13. The average molecular weight is 371 g/mol. The highest BCUT2D eigenvalue weighted by Gasteiger charge is 2.28. The largest absolute Gasteiger partial charge is 0.370 e. The van der Waals surface area contributed by atoms with Gasteiger partial charge >= 0.3 is 0 Å². The monoisotopic (exact) mass is 370 g/mol. The number of nitrogens with zero attached hydrogens (tertiary/aromatic N) is 4. The van der Waals surface area contributed by atoms with Crippen LogP contribution in [0.1, 0.15) is 51.8 Å². The van der Waals surface area contributed by atoms with Gasteiger partial charge in [0.25, 0.3) is 0 Å². The van der Waals surface area contributed by atoms with Crippen LogP contribution in [0.3, 0.4) is 0 Å². The molecule has 0 unspecified atom stereocenters. The first-order chi connectivity index (χ1) is 12.5. The predicted molar refractivity (Wildman–Crippen MR) is 108 cm³/mol. The van der Waals surface area contributed by atoms with Crippen molar-refractivity contribution >= 4 is 37.6 Å². The van der Waals surface area contributed by atoms with Gasteiger partial charge in [0.15, 0.2) is 0 Å². The fourth-order valence-electron chi connectivity index (χ4n) is 3.66. The Balaban J connectivity index is 1.87. The first-order valence-corrected chi connectivity index (χ1v) is 10.3. The van der Waals surface area contributed by atoms with Crippen LogP contribution < -0.4 is 4.90 Å². The fourth-order valence-corrected chi connectivity index (χ4v) is 4.81. The Morgan fingerprint density at radius 3 is 2.69 bits per heavy atom. The minimum absolute atomic E-state index is 0.144. The van der Waals surface area contributed by atoms with Crippen molar-refractivity contribution in [1.82, 2.24) is 15.0 Å². The van der Waals surface area contributed by atoms with E-state index in [0.29, 0.717) is 6.61 Å². The molecule has 5 nitrogen and oxygen atoms in total. The standard InChI is InChI=1S/C20H26N4OS/c1-5-7-24(8-6-2)18-17-16(21-12-22-18)14-9-13-11-25-20(3,4)10-15(13)23-19(14)26-17/h9,12H,5-8,10-11H2,1-4H3. The van der Waals surface area contributed by atoms with Crippen LogP contribution in [0.2, 0.25) is 0 Å². The highest BCUT2D eigenvalue weighted by Crippen LogP contribution is 2.39. The third-order valence-corrected chi connectivity index (χ3v) is 5.98. The Kier molecular flexibility index (Phi) is 4.57. The van der Waals surface area contributed by atoms with Crippen LogP contribution in [0.4, 0.5) is 5.82 Å². The van der Waals surface area contributed by atoms with E-state index in [1.54, 1.807) is 17.7 Å². The number of aromatic nitrogens is 3. The summed E-state index contributed by atoms with van der Waals surface area (Å²) >= 11 is 1.72. The van der Waals surface area contributed by atoms with E-state index < -0.39 is 0 Å². The van der Waals surface area contributed by atoms with Crippen molar-refractivity contribution in [3.63, 3.8) is 0 Å². The van der Waals surface area contributed by atoms with Crippen molar-refractivity contribution in [2.75, 3.05) is 18.0 Å². The Morgan fingerprint density at radius 2 is 1.96 bits per heavy atom. The summed E-state index contributed by atoms with van der Waals surface area (Å²) in [6, 6.07) is 2.23. The van der Waals surface area contributed by atoms with E-state index >= 15 is 0 Å². The second-order valence-corrected chi connectivity index (χ2v) is 8.64. The van der Waals surface area contributed by atoms with Crippen molar-refractivity contribution in [2.24, 2.45) is 0 Å². The second-order valence-electron chi connectivity index (χ2n) is 7.64. The number of rotatable bonds is 5. The van der Waals surface area contributed by atoms with Gasteiger partial charge in [0, 0.05) is 30.5 Å². The fraction of sp³-hybridized carbons (Fsp3) is 0.550. The van der Waals surface area contributed by atoms with Gasteiger partial charge in [-0.2, -0.15) is 0 Å². The third kappa shape index (κ3) is 3.05. The molecule has 0 spiro atoms. The van der Waals surface area contributed by atoms with E-state index in [4.69, 9.17) is 9.72 Å². The van der Waals surface area contributed by atoms with Crippen LogP contribution in [0, 0.1) is 0 Å². The number of hydrogen-bond donors (Lipinski definition) is 0. The van der Waals surface area contributed by atoms with E-state index in [2.05, 4.69) is 48.6 Å². The average Bonchev–Trinajstić information content (AvgIpc) is 2.96. The molecule has 0 aromatic carbocycles. The summed E-state index contributed by atoms with van der Waals surface area (Å²) in [6.45, 7) is 11.3. The first-order valence-electron chi connectivity index (χ1n) is 9.47. The van der Waals surface area contributed by atoms with Crippen LogP contribution in [0.5, 0.6) is 0 Å². The number of anilines is 1. The molecule has 1 aliphatic heterocycles. The van der Waals surface area contributed by atoms with E-state index in [1.165, 1.54) is 5.56 Å². The zero-order valence-electron chi connectivity index (χ0n) is 16.0. The van der Waals surface area contributed by atoms with E-state index in [0.717, 1.165) is 64.3 Å². The van der Waals surface area contributed by atoms with Crippen molar-refractivity contribution in [3.8, 4) is 0 Å². The summed E-state index contributed by atoms with van der Waals surface area (Å²) in [5.41, 5.74) is 3.23. The molecular formula is C20H26N4OS. The summed E-state index contributed by atoms with van der Waals surface area (Å²) in [5, 5.41) is 1.13. The maximum Gasteiger partial charge on any atom is 0.150 e. The molecule has 4 rings (SSSR count). The van der Waals surface area contributed by atoms with Gasteiger partial charge < -0.3 is 9.64 Å². The van der Waals surface area contributed by atoms with Crippen molar-refractivity contribution in [1.29, 1.82) is 0 Å².